The number of rotatable bonds is 8. The van der Waals surface area contributed by atoms with Crippen molar-refractivity contribution in [1.82, 2.24) is 20.6 Å². The molecule has 0 aliphatic carbocycles. The number of likely N-dealkylation sites (N-methyl/N-ethyl adjacent to an activating group) is 1. The lowest BCUT2D eigenvalue weighted by Crippen LogP contribution is -2.28. The molecule has 0 atom stereocenters. The van der Waals surface area contributed by atoms with E-state index in [0.29, 0.717) is 24.6 Å². The van der Waals surface area contributed by atoms with Gasteiger partial charge in [0, 0.05) is 19.3 Å². The second-order valence-corrected chi connectivity index (χ2v) is 5.45. The number of carbonyl (C=O) groups excluding carboxylic acids is 2. The molecule has 0 radical (unpaired) electrons. The normalized spacial score (nSPS) is 10.1. The molecule has 8 nitrogen and oxygen atoms in total. The number of benzene rings is 1. The van der Waals surface area contributed by atoms with E-state index >= 15 is 0 Å². The fourth-order valence-electron chi connectivity index (χ4n) is 2.12. The highest BCUT2D eigenvalue weighted by atomic mass is 16.5. The van der Waals surface area contributed by atoms with E-state index in [9.17, 15) is 9.59 Å². The van der Waals surface area contributed by atoms with Gasteiger partial charge >= 0.3 is 0 Å². The maximum atomic E-state index is 12.1. The van der Waals surface area contributed by atoms with Crippen LogP contribution >= 0.6 is 0 Å². The van der Waals surface area contributed by atoms with Gasteiger partial charge in [-0.3, -0.25) is 14.6 Å². The van der Waals surface area contributed by atoms with Crippen LogP contribution in [0, 0.1) is 6.92 Å². The summed E-state index contributed by atoms with van der Waals surface area (Å²) >= 11 is 0. The Bertz CT molecular complexity index is 762. The summed E-state index contributed by atoms with van der Waals surface area (Å²) in [4.78, 5) is 31.6. The van der Waals surface area contributed by atoms with Crippen molar-refractivity contribution in [2.45, 2.75) is 20.4 Å². The molecule has 2 aromatic rings. The molecule has 0 saturated carbocycles. The molecular formula is C18H22N4O4. The van der Waals surface area contributed by atoms with Crippen molar-refractivity contribution in [3.63, 3.8) is 0 Å². The molecule has 0 aliphatic rings. The second-order valence-electron chi connectivity index (χ2n) is 5.45. The Morgan fingerprint density at radius 1 is 1.12 bits per heavy atom. The maximum Gasteiger partial charge on any atom is 0.271 e. The van der Waals surface area contributed by atoms with Crippen molar-refractivity contribution in [3.05, 3.63) is 47.5 Å². The Morgan fingerprint density at radius 2 is 1.92 bits per heavy atom. The molecule has 0 aliphatic heterocycles. The number of amides is 2. The van der Waals surface area contributed by atoms with Gasteiger partial charge in [0.1, 0.15) is 5.69 Å². The summed E-state index contributed by atoms with van der Waals surface area (Å²) in [7, 11) is 1.51. The molecule has 1 aromatic carbocycles. The first kappa shape index (κ1) is 19.2. The van der Waals surface area contributed by atoms with E-state index in [1.54, 1.807) is 31.3 Å². The zero-order valence-electron chi connectivity index (χ0n) is 15.0. The van der Waals surface area contributed by atoms with Crippen LogP contribution in [0.3, 0.4) is 0 Å². The molecule has 0 unspecified atom stereocenters. The molecule has 0 spiro atoms. The Labute approximate surface area is 151 Å². The van der Waals surface area contributed by atoms with Gasteiger partial charge in [-0.05, 0) is 31.5 Å². The van der Waals surface area contributed by atoms with Crippen molar-refractivity contribution in [2.24, 2.45) is 0 Å². The largest absolute Gasteiger partial charge is 0.493 e. The molecule has 1 heterocycles. The number of carbonyl (C=O) groups is 2. The quantitative estimate of drug-likeness (QED) is 0.736. The predicted octanol–water partition coefficient (Wildman–Crippen LogP) is 1.24. The van der Waals surface area contributed by atoms with Crippen LogP contribution in [0.5, 0.6) is 11.5 Å². The van der Waals surface area contributed by atoms with Gasteiger partial charge < -0.3 is 20.1 Å². The maximum absolute atomic E-state index is 12.1. The minimum absolute atomic E-state index is 0.0909. The van der Waals surface area contributed by atoms with E-state index in [1.165, 1.54) is 13.3 Å². The van der Waals surface area contributed by atoms with Crippen LogP contribution in [0.25, 0.3) is 0 Å². The zero-order valence-corrected chi connectivity index (χ0v) is 15.0. The summed E-state index contributed by atoms with van der Waals surface area (Å²) in [5.41, 5.74) is 1.82. The number of hydrogen-bond donors (Lipinski definition) is 2. The smallest absolute Gasteiger partial charge is 0.271 e. The molecule has 2 N–H and O–H groups in total. The van der Waals surface area contributed by atoms with E-state index in [4.69, 9.17) is 9.47 Å². The SMILES string of the molecule is CCNC(=O)COc1ccc(CNC(=O)c2cnc(C)cn2)cc1OC. The second kappa shape index (κ2) is 9.36. The standard InChI is InChI=1S/C18H22N4O4/c1-4-19-17(23)11-26-15-6-5-13(7-16(15)25-3)9-22-18(24)14-10-20-12(2)8-21-14/h5-8,10H,4,9,11H2,1-3H3,(H,19,23)(H,22,24). The van der Waals surface area contributed by atoms with Gasteiger partial charge in [-0.1, -0.05) is 6.07 Å². The van der Waals surface area contributed by atoms with E-state index in [0.717, 1.165) is 11.3 Å². The summed E-state index contributed by atoms with van der Waals surface area (Å²) < 4.78 is 10.8. The lowest BCUT2D eigenvalue weighted by molar-refractivity contribution is -0.123. The Kier molecular flexibility index (Phi) is 6.90. The fraction of sp³-hybridized carbons (Fsp3) is 0.333. The molecule has 138 valence electrons. The summed E-state index contributed by atoms with van der Waals surface area (Å²) in [6, 6.07) is 5.23. The van der Waals surface area contributed by atoms with Gasteiger partial charge in [-0.15, -0.1) is 0 Å². The highest BCUT2D eigenvalue weighted by Crippen LogP contribution is 2.28. The predicted molar refractivity (Wildman–Crippen MR) is 95.1 cm³/mol. The Hall–Kier alpha value is -3.16. The number of aryl methyl sites for hydroxylation is 1. The van der Waals surface area contributed by atoms with Crippen molar-refractivity contribution < 1.29 is 19.1 Å². The van der Waals surface area contributed by atoms with Crippen molar-refractivity contribution >= 4 is 11.8 Å². The third-order valence-electron chi connectivity index (χ3n) is 3.43. The first-order chi connectivity index (χ1) is 12.5. The van der Waals surface area contributed by atoms with Gasteiger partial charge in [0.25, 0.3) is 11.8 Å². The molecular weight excluding hydrogens is 336 g/mol. The summed E-state index contributed by atoms with van der Waals surface area (Å²) in [6.07, 6.45) is 2.97. The lowest BCUT2D eigenvalue weighted by atomic mass is 10.2. The van der Waals surface area contributed by atoms with Gasteiger partial charge in [-0.2, -0.15) is 0 Å². The monoisotopic (exact) mass is 358 g/mol. The number of nitrogens with zero attached hydrogens (tertiary/aromatic N) is 2. The van der Waals surface area contributed by atoms with Gasteiger partial charge in [0.15, 0.2) is 18.1 Å². The average molecular weight is 358 g/mol. The molecule has 8 heteroatoms. The van der Waals surface area contributed by atoms with Crippen molar-refractivity contribution in [3.8, 4) is 11.5 Å². The number of methoxy groups -OCH3 is 1. The minimum Gasteiger partial charge on any atom is -0.493 e. The summed E-state index contributed by atoms with van der Waals surface area (Å²) in [5, 5.41) is 5.42. The minimum atomic E-state index is -0.312. The summed E-state index contributed by atoms with van der Waals surface area (Å²) in [5.74, 6) is 0.424. The topological polar surface area (TPSA) is 102 Å². The van der Waals surface area contributed by atoms with Crippen LogP contribution < -0.4 is 20.1 Å². The van der Waals surface area contributed by atoms with Crippen molar-refractivity contribution in [1.29, 1.82) is 0 Å². The molecule has 26 heavy (non-hydrogen) atoms. The molecule has 2 amide bonds. The summed E-state index contributed by atoms with van der Waals surface area (Å²) in [6.45, 7) is 4.39. The number of nitrogens with one attached hydrogen (secondary N) is 2. The van der Waals surface area contributed by atoms with Crippen LogP contribution in [-0.2, 0) is 11.3 Å². The fourth-order valence-corrected chi connectivity index (χ4v) is 2.12. The van der Waals surface area contributed by atoms with Gasteiger partial charge in [0.05, 0.1) is 19.0 Å². The van der Waals surface area contributed by atoms with Crippen LogP contribution in [-0.4, -0.2) is 42.0 Å². The molecule has 0 fully saturated rings. The average Bonchev–Trinajstić information content (AvgIpc) is 2.65. The molecule has 2 rings (SSSR count). The molecule has 0 bridgehead atoms. The number of ether oxygens (including phenoxy) is 2. The van der Waals surface area contributed by atoms with Crippen LogP contribution in [0.4, 0.5) is 0 Å². The van der Waals surface area contributed by atoms with Crippen LogP contribution in [0.1, 0.15) is 28.7 Å². The first-order valence-electron chi connectivity index (χ1n) is 8.16. The van der Waals surface area contributed by atoms with Crippen molar-refractivity contribution in [2.75, 3.05) is 20.3 Å². The van der Waals surface area contributed by atoms with E-state index in [-0.39, 0.29) is 24.1 Å². The zero-order chi connectivity index (χ0) is 18.9. The third kappa shape index (κ3) is 5.44. The number of hydrogen-bond acceptors (Lipinski definition) is 6. The van der Waals surface area contributed by atoms with Gasteiger partial charge in [-0.25, -0.2) is 4.98 Å². The van der Waals surface area contributed by atoms with Gasteiger partial charge in [0.2, 0.25) is 0 Å². The van der Waals surface area contributed by atoms with E-state index in [1.807, 2.05) is 6.92 Å². The Morgan fingerprint density at radius 3 is 2.58 bits per heavy atom. The van der Waals surface area contributed by atoms with Crippen LogP contribution in [0.15, 0.2) is 30.6 Å². The highest BCUT2D eigenvalue weighted by Gasteiger charge is 2.10. The van der Waals surface area contributed by atoms with E-state index in [2.05, 4.69) is 20.6 Å². The third-order valence-corrected chi connectivity index (χ3v) is 3.43. The number of aromatic nitrogens is 2. The van der Waals surface area contributed by atoms with Crippen LogP contribution in [0.2, 0.25) is 0 Å². The molecule has 1 aromatic heterocycles. The van der Waals surface area contributed by atoms with E-state index < -0.39 is 0 Å². The highest BCUT2D eigenvalue weighted by molar-refractivity contribution is 5.91. The first-order valence-corrected chi connectivity index (χ1v) is 8.16. The Balaban J connectivity index is 1.96. The lowest BCUT2D eigenvalue weighted by Gasteiger charge is -2.12. The molecule has 0 saturated heterocycles.